The average Bonchev–Trinajstić information content (AvgIpc) is 3.26. The van der Waals surface area contributed by atoms with E-state index in [9.17, 15) is 24.8 Å². The molecule has 2 heterocycles. The molecule has 0 spiro atoms. The number of ether oxygens (including phenoxy) is 1. The fraction of sp³-hybridized carbons (Fsp3) is 0.500. The molecule has 0 aromatic carbocycles. The van der Waals surface area contributed by atoms with Gasteiger partial charge in [-0.05, 0) is 62.6 Å². The Morgan fingerprint density at radius 2 is 1.79 bits per heavy atom. The summed E-state index contributed by atoms with van der Waals surface area (Å²) in [7, 11) is 0. The number of nitriles is 1. The maximum Gasteiger partial charge on any atom is 0.359 e. The standard InChI is InChI=1S/C30H33Cl3N4O5/c1-3-42-30(41)25-21(29(40)37(35-25)26-23(32)14-18(31)15-24(26)33)13-9-5-8-12-20-17(2)22(16-34)28(39)36(27(20)38)19-10-6-4-7-11-19/h5,8-9,12-13,18-19,23-24,26,38H,3-4,6-7,10-11,14-15H2,1-2H3/p-1/b9-5?,12-8?,21-13-. The number of allylic oxidation sites excluding steroid dienone is 4. The molecule has 42 heavy (non-hydrogen) atoms. The highest BCUT2D eigenvalue weighted by Gasteiger charge is 2.46. The number of nitrogens with zero attached hydrogens (tertiary/aromatic N) is 4. The number of carbonyl (C=O) groups excluding carboxylic acids is 2. The third-order valence-corrected chi connectivity index (χ3v) is 9.05. The van der Waals surface area contributed by atoms with E-state index in [0.717, 1.165) is 37.1 Å². The SMILES string of the molecule is CCOC(=O)C1=NN(C2C(Cl)CC(Cl)CC2Cl)C(=O)/C1=C\C=CC=Cc1c(C)c(C#N)c(=O)n(C2CCCCC2)c1[O-]. The molecule has 1 amide bonds. The number of esters is 1. The van der Waals surface area contributed by atoms with Crippen molar-refractivity contribution in [3.8, 4) is 11.9 Å². The van der Waals surface area contributed by atoms with Gasteiger partial charge in [-0.1, -0.05) is 43.6 Å². The molecule has 2 fully saturated rings. The van der Waals surface area contributed by atoms with Crippen molar-refractivity contribution >= 4 is 58.5 Å². The Balaban J connectivity index is 1.62. The van der Waals surface area contributed by atoms with Gasteiger partial charge in [0, 0.05) is 11.4 Å². The monoisotopic (exact) mass is 633 g/mol. The second kappa shape index (κ2) is 13.9. The van der Waals surface area contributed by atoms with Crippen molar-refractivity contribution in [3.05, 3.63) is 56.9 Å². The van der Waals surface area contributed by atoms with Crippen LogP contribution in [0.3, 0.4) is 0 Å². The number of hydrazone groups is 1. The Morgan fingerprint density at radius 3 is 2.40 bits per heavy atom. The van der Waals surface area contributed by atoms with Crippen LogP contribution in [0.4, 0.5) is 0 Å². The van der Waals surface area contributed by atoms with Gasteiger partial charge in [-0.2, -0.15) is 10.4 Å². The average molecular weight is 635 g/mol. The summed E-state index contributed by atoms with van der Waals surface area (Å²) in [6, 6.07) is 1.07. The summed E-state index contributed by atoms with van der Waals surface area (Å²) in [4.78, 5) is 39.0. The lowest BCUT2D eigenvalue weighted by Gasteiger charge is -2.37. The lowest BCUT2D eigenvalue weighted by Crippen LogP contribution is -2.50. The molecule has 1 aliphatic heterocycles. The summed E-state index contributed by atoms with van der Waals surface area (Å²) in [5.41, 5.74) is -0.168. The lowest BCUT2D eigenvalue weighted by molar-refractivity contribution is -0.281. The predicted octanol–water partition coefficient (Wildman–Crippen LogP) is 4.85. The number of aromatic nitrogens is 1. The van der Waals surface area contributed by atoms with E-state index in [1.807, 2.05) is 6.07 Å². The fourth-order valence-electron chi connectivity index (χ4n) is 5.70. The van der Waals surface area contributed by atoms with Crippen LogP contribution in [-0.2, 0) is 14.3 Å². The first kappa shape index (κ1) is 31.9. The zero-order valence-electron chi connectivity index (χ0n) is 23.4. The number of alkyl halides is 3. The summed E-state index contributed by atoms with van der Waals surface area (Å²) >= 11 is 19.3. The normalized spacial score (nSPS) is 26.3. The van der Waals surface area contributed by atoms with Crippen LogP contribution in [0.15, 0.2) is 39.8 Å². The Bertz CT molecular complexity index is 1440. The van der Waals surface area contributed by atoms with Crippen LogP contribution in [0.25, 0.3) is 6.08 Å². The van der Waals surface area contributed by atoms with E-state index in [-0.39, 0.29) is 40.4 Å². The van der Waals surface area contributed by atoms with Crippen LogP contribution in [0.5, 0.6) is 5.88 Å². The number of pyridine rings is 1. The smallest absolute Gasteiger partial charge is 0.359 e. The van der Waals surface area contributed by atoms with Crippen molar-refractivity contribution in [1.82, 2.24) is 9.58 Å². The number of carbonyl (C=O) groups is 2. The number of hydrogen-bond acceptors (Lipinski definition) is 7. The molecule has 12 heteroatoms. The van der Waals surface area contributed by atoms with Crippen molar-refractivity contribution in [2.75, 3.05) is 6.61 Å². The van der Waals surface area contributed by atoms with Crippen molar-refractivity contribution in [2.24, 2.45) is 5.10 Å². The van der Waals surface area contributed by atoms with Crippen molar-refractivity contribution < 1.29 is 19.4 Å². The minimum absolute atomic E-state index is 0.0112. The number of rotatable bonds is 7. The maximum absolute atomic E-state index is 13.4. The molecule has 2 atom stereocenters. The van der Waals surface area contributed by atoms with Crippen LogP contribution >= 0.6 is 34.8 Å². The molecule has 2 aliphatic carbocycles. The molecule has 0 radical (unpaired) electrons. The lowest BCUT2D eigenvalue weighted by atomic mass is 9.93. The van der Waals surface area contributed by atoms with Gasteiger partial charge >= 0.3 is 5.97 Å². The molecular weight excluding hydrogens is 603 g/mol. The zero-order chi connectivity index (χ0) is 30.6. The van der Waals surface area contributed by atoms with E-state index in [4.69, 9.17) is 39.5 Å². The topological polar surface area (TPSA) is 128 Å². The molecule has 1 aromatic heterocycles. The first-order valence-electron chi connectivity index (χ1n) is 14.0. The molecular formula is C30H32Cl3N4O5-. The highest BCUT2D eigenvalue weighted by molar-refractivity contribution is 6.51. The number of hydrogen-bond donors (Lipinski definition) is 0. The summed E-state index contributed by atoms with van der Waals surface area (Å²) < 4.78 is 6.34. The first-order chi connectivity index (χ1) is 20.1. The van der Waals surface area contributed by atoms with E-state index >= 15 is 0 Å². The molecule has 3 aliphatic rings. The molecule has 9 nitrogen and oxygen atoms in total. The van der Waals surface area contributed by atoms with Crippen LogP contribution in [0.1, 0.15) is 74.6 Å². The molecule has 1 aromatic rings. The Labute approximate surface area is 259 Å². The van der Waals surface area contributed by atoms with Gasteiger partial charge in [-0.25, -0.2) is 9.80 Å². The van der Waals surface area contributed by atoms with Crippen molar-refractivity contribution in [2.45, 2.75) is 87.0 Å². The zero-order valence-corrected chi connectivity index (χ0v) is 25.7. The molecule has 0 N–H and O–H groups in total. The third-order valence-electron chi connectivity index (χ3n) is 7.82. The third kappa shape index (κ3) is 6.46. The van der Waals surface area contributed by atoms with Gasteiger partial charge < -0.3 is 14.4 Å². The van der Waals surface area contributed by atoms with Gasteiger partial charge in [0.1, 0.15) is 11.6 Å². The van der Waals surface area contributed by atoms with E-state index in [1.165, 1.54) is 22.8 Å². The molecule has 4 rings (SSSR count). The highest BCUT2D eigenvalue weighted by atomic mass is 35.5. The largest absolute Gasteiger partial charge is 0.860 e. The second-order valence-corrected chi connectivity index (χ2v) is 12.3. The number of amides is 1. The van der Waals surface area contributed by atoms with Gasteiger partial charge in [0.15, 0.2) is 5.71 Å². The Kier molecular flexibility index (Phi) is 10.6. The van der Waals surface area contributed by atoms with Gasteiger partial charge in [0.05, 0.1) is 29.0 Å². The van der Waals surface area contributed by atoms with Crippen LogP contribution in [0, 0.1) is 18.3 Å². The van der Waals surface area contributed by atoms with E-state index < -0.39 is 40.1 Å². The molecule has 0 saturated heterocycles. The summed E-state index contributed by atoms with van der Waals surface area (Å²) in [5, 5.41) is 27.1. The fourth-order valence-corrected chi connectivity index (χ4v) is 7.33. The van der Waals surface area contributed by atoms with E-state index in [0.29, 0.717) is 18.4 Å². The van der Waals surface area contributed by atoms with Crippen LogP contribution < -0.4 is 10.7 Å². The quantitative estimate of drug-likeness (QED) is 0.183. The predicted molar refractivity (Wildman–Crippen MR) is 161 cm³/mol. The summed E-state index contributed by atoms with van der Waals surface area (Å²) in [5.74, 6) is -1.73. The van der Waals surface area contributed by atoms with Crippen LogP contribution in [0.2, 0.25) is 0 Å². The van der Waals surface area contributed by atoms with E-state index in [1.54, 1.807) is 26.0 Å². The van der Waals surface area contributed by atoms with Crippen LogP contribution in [-0.4, -0.2) is 55.9 Å². The van der Waals surface area contributed by atoms with Gasteiger partial charge in [0.25, 0.3) is 11.5 Å². The second-order valence-electron chi connectivity index (χ2n) is 10.5. The van der Waals surface area contributed by atoms with Gasteiger partial charge in [-0.15, -0.1) is 34.8 Å². The molecule has 2 unspecified atom stereocenters. The van der Waals surface area contributed by atoms with E-state index in [2.05, 4.69) is 5.10 Å². The van der Waals surface area contributed by atoms with Crippen molar-refractivity contribution in [3.63, 3.8) is 0 Å². The Morgan fingerprint density at radius 1 is 1.12 bits per heavy atom. The maximum atomic E-state index is 13.4. The highest BCUT2D eigenvalue weighted by Crippen LogP contribution is 2.36. The first-order valence-corrected chi connectivity index (χ1v) is 15.3. The molecule has 2 saturated carbocycles. The number of halogens is 3. The minimum atomic E-state index is -0.757. The Hall–Kier alpha value is -3.06. The molecule has 0 bridgehead atoms. The minimum Gasteiger partial charge on any atom is -0.860 e. The summed E-state index contributed by atoms with van der Waals surface area (Å²) in [6.07, 6.45) is 12.8. The summed E-state index contributed by atoms with van der Waals surface area (Å²) in [6.45, 7) is 3.32. The van der Waals surface area contributed by atoms with Gasteiger partial charge in [-0.3, -0.25) is 9.59 Å². The van der Waals surface area contributed by atoms with Crippen molar-refractivity contribution in [1.29, 1.82) is 5.26 Å². The van der Waals surface area contributed by atoms with Gasteiger partial charge in [0.2, 0.25) is 0 Å². The molecule has 224 valence electrons.